The van der Waals surface area contributed by atoms with Gasteiger partial charge in [-0.25, -0.2) is 4.98 Å². The molecule has 6 heteroatoms. The number of hydrogen-bond acceptors (Lipinski definition) is 4. The van der Waals surface area contributed by atoms with Crippen LogP contribution in [-0.4, -0.2) is 24.2 Å². The van der Waals surface area contributed by atoms with Crippen LogP contribution in [0.25, 0.3) is 22.4 Å². The van der Waals surface area contributed by atoms with Gasteiger partial charge in [-0.05, 0) is 34.1 Å². The van der Waals surface area contributed by atoms with Crippen molar-refractivity contribution in [3.63, 3.8) is 0 Å². The number of aromatic amines is 1. The van der Waals surface area contributed by atoms with Crippen molar-refractivity contribution in [2.45, 2.75) is 0 Å². The van der Waals surface area contributed by atoms with Crippen LogP contribution in [0.15, 0.2) is 34.8 Å². The summed E-state index contributed by atoms with van der Waals surface area (Å²) in [7, 11) is 3.21. The molecule has 0 spiro atoms. The number of hydrogen-bond donors (Lipinski definition) is 2. The van der Waals surface area contributed by atoms with Crippen LogP contribution in [0.1, 0.15) is 0 Å². The van der Waals surface area contributed by atoms with E-state index in [4.69, 9.17) is 15.2 Å². The molecule has 0 aliphatic carbocycles. The van der Waals surface area contributed by atoms with Crippen molar-refractivity contribution < 1.29 is 9.47 Å². The molecule has 3 N–H and O–H groups in total. The van der Waals surface area contributed by atoms with Gasteiger partial charge in [-0.1, -0.05) is 0 Å². The van der Waals surface area contributed by atoms with E-state index in [1.807, 2.05) is 30.3 Å². The fourth-order valence-corrected chi connectivity index (χ4v) is 2.53. The van der Waals surface area contributed by atoms with Gasteiger partial charge in [0.25, 0.3) is 0 Å². The first kappa shape index (κ1) is 13.8. The van der Waals surface area contributed by atoms with Crippen molar-refractivity contribution in [3.05, 3.63) is 34.8 Å². The molecule has 0 amide bonds. The Morgan fingerprint density at radius 3 is 2.48 bits per heavy atom. The van der Waals surface area contributed by atoms with Crippen molar-refractivity contribution >= 4 is 32.7 Å². The van der Waals surface area contributed by atoms with E-state index in [1.54, 1.807) is 14.2 Å². The quantitative estimate of drug-likeness (QED) is 0.710. The number of nitrogen functional groups attached to an aromatic ring is 1. The van der Waals surface area contributed by atoms with E-state index in [2.05, 4.69) is 25.9 Å². The Labute approximate surface area is 130 Å². The van der Waals surface area contributed by atoms with Crippen LogP contribution in [-0.2, 0) is 0 Å². The summed E-state index contributed by atoms with van der Waals surface area (Å²) in [6.07, 6.45) is 0. The van der Waals surface area contributed by atoms with Crippen molar-refractivity contribution in [3.8, 4) is 22.9 Å². The second-order valence-electron chi connectivity index (χ2n) is 4.55. The Hall–Kier alpha value is -2.21. The molecule has 108 valence electrons. The summed E-state index contributed by atoms with van der Waals surface area (Å²) in [5.74, 6) is 2.08. The molecule has 1 aromatic heterocycles. The Kier molecular flexibility index (Phi) is 3.47. The van der Waals surface area contributed by atoms with Crippen LogP contribution in [0.4, 0.5) is 5.69 Å². The number of ether oxygens (including phenoxy) is 2. The lowest BCUT2D eigenvalue weighted by atomic mass is 10.2. The minimum absolute atomic E-state index is 0.654. The third-order valence-corrected chi connectivity index (χ3v) is 3.95. The summed E-state index contributed by atoms with van der Waals surface area (Å²) in [5, 5.41) is 0. The minimum atomic E-state index is 0.654. The normalized spacial score (nSPS) is 10.8. The molecule has 0 bridgehead atoms. The highest BCUT2D eigenvalue weighted by atomic mass is 79.9. The van der Waals surface area contributed by atoms with Crippen LogP contribution < -0.4 is 15.2 Å². The highest BCUT2D eigenvalue weighted by Crippen LogP contribution is 2.33. The number of nitrogens with zero attached hydrogens (tertiary/aromatic N) is 1. The monoisotopic (exact) mass is 347 g/mol. The van der Waals surface area contributed by atoms with E-state index < -0.39 is 0 Å². The molecule has 0 atom stereocenters. The predicted molar refractivity (Wildman–Crippen MR) is 86.7 cm³/mol. The van der Waals surface area contributed by atoms with E-state index in [0.717, 1.165) is 26.9 Å². The maximum atomic E-state index is 5.81. The molecule has 0 saturated heterocycles. The Morgan fingerprint density at radius 2 is 1.81 bits per heavy atom. The maximum Gasteiger partial charge on any atom is 0.163 e. The second kappa shape index (κ2) is 5.29. The van der Waals surface area contributed by atoms with Crippen molar-refractivity contribution in [1.29, 1.82) is 0 Å². The summed E-state index contributed by atoms with van der Waals surface area (Å²) >= 11 is 3.43. The van der Waals surface area contributed by atoms with E-state index in [-0.39, 0.29) is 0 Å². The standard InChI is InChI=1S/C15H14BrN3O2/c1-20-13-6-11-12(7-14(13)21-2)19-15(18-11)8-3-4-10(17)9(16)5-8/h3-7H,17H2,1-2H3,(H,18,19). The Morgan fingerprint density at radius 1 is 1.10 bits per heavy atom. The van der Waals surface area contributed by atoms with Gasteiger partial charge in [0.2, 0.25) is 0 Å². The zero-order chi connectivity index (χ0) is 15.0. The van der Waals surface area contributed by atoms with Crippen LogP contribution >= 0.6 is 15.9 Å². The van der Waals surface area contributed by atoms with E-state index in [9.17, 15) is 0 Å². The molecule has 0 unspecified atom stereocenters. The lowest BCUT2D eigenvalue weighted by Gasteiger charge is -2.06. The molecule has 0 fully saturated rings. The Balaban J connectivity index is 2.14. The molecule has 21 heavy (non-hydrogen) atoms. The maximum absolute atomic E-state index is 5.81. The fraction of sp³-hybridized carbons (Fsp3) is 0.133. The number of halogens is 1. The van der Waals surface area contributed by atoms with E-state index in [1.165, 1.54) is 0 Å². The number of methoxy groups -OCH3 is 2. The molecule has 3 rings (SSSR count). The SMILES string of the molecule is COc1cc2nc(-c3ccc(N)c(Br)c3)[nH]c2cc1OC. The lowest BCUT2D eigenvalue weighted by molar-refractivity contribution is 0.356. The van der Waals surface area contributed by atoms with E-state index >= 15 is 0 Å². The highest BCUT2D eigenvalue weighted by Gasteiger charge is 2.11. The first-order valence-corrected chi connectivity index (χ1v) is 7.09. The number of nitrogens with one attached hydrogen (secondary N) is 1. The highest BCUT2D eigenvalue weighted by molar-refractivity contribution is 9.10. The van der Waals surface area contributed by atoms with Gasteiger partial charge in [0, 0.05) is 27.9 Å². The average molecular weight is 348 g/mol. The zero-order valence-corrected chi connectivity index (χ0v) is 13.2. The van der Waals surface area contributed by atoms with Crippen molar-refractivity contribution in [1.82, 2.24) is 9.97 Å². The molecule has 1 heterocycles. The number of H-pyrrole nitrogens is 1. The van der Waals surface area contributed by atoms with Gasteiger partial charge >= 0.3 is 0 Å². The van der Waals surface area contributed by atoms with Gasteiger partial charge in [0.05, 0.1) is 25.3 Å². The molecule has 0 aliphatic heterocycles. The van der Waals surface area contributed by atoms with Crippen LogP contribution in [0.5, 0.6) is 11.5 Å². The summed E-state index contributed by atoms with van der Waals surface area (Å²) in [5.41, 5.74) is 9.15. The third-order valence-electron chi connectivity index (χ3n) is 3.26. The molecule has 2 aromatic carbocycles. The van der Waals surface area contributed by atoms with Gasteiger partial charge in [-0.15, -0.1) is 0 Å². The van der Waals surface area contributed by atoms with Gasteiger partial charge in [0.15, 0.2) is 11.5 Å². The number of rotatable bonds is 3. The summed E-state index contributed by atoms with van der Waals surface area (Å²) in [6, 6.07) is 9.42. The van der Waals surface area contributed by atoms with Gasteiger partial charge < -0.3 is 20.2 Å². The summed E-state index contributed by atoms with van der Waals surface area (Å²) in [6.45, 7) is 0. The molecule has 0 saturated carbocycles. The average Bonchev–Trinajstić information content (AvgIpc) is 2.91. The van der Waals surface area contributed by atoms with Crippen LogP contribution in [0.2, 0.25) is 0 Å². The van der Waals surface area contributed by atoms with Crippen LogP contribution in [0.3, 0.4) is 0 Å². The predicted octanol–water partition coefficient (Wildman–Crippen LogP) is 3.59. The number of anilines is 1. The van der Waals surface area contributed by atoms with Crippen molar-refractivity contribution in [2.24, 2.45) is 0 Å². The second-order valence-corrected chi connectivity index (χ2v) is 5.40. The lowest BCUT2D eigenvalue weighted by Crippen LogP contribution is -1.89. The van der Waals surface area contributed by atoms with Gasteiger partial charge in [-0.2, -0.15) is 0 Å². The summed E-state index contributed by atoms with van der Waals surface area (Å²) < 4.78 is 11.4. The number of imidazole rings is 1. The molecular weight excluding hydrogens is 334 g/mol. The largest absolute Gasteiger partial charge is 0.493 e. The number of benzene rings is 2. The van der Waals surface area contributed by atoms with Crippen LogP contribution in [0, 0.1) is 0 Å². The first-order valence-electron chi connectivity index (χ1n) is 6.29. The Bertz CT molecular complexity index is 773. The zero-order valence-electron chi connectivity index (χ0n) is 11.6. The van der Waals surface area contributed by atoms with E-state index in [0.29, 0.717) is 17.2 Å². The van der Waals surface area contributed by atoms with Crippen molar-refractivity contribution in [2.75, 3.05) is 20.0 Å². The topological polar surface area (TPSA) is 73.2 Å². The smallest absolute Gasteiger partial charge is 0.163 e. The molecule has 0 radical (unpaired) electrons. The third kappa shape index (κ3) is 2.42. The first-order chi connectivity index (χ1) is 10.1. The molecule has 0 aliphatic rings. The van der Waals surface area contributed by atoms with Gasteiger partial charge in [-0.3, -0.25) is 0 Å². The molecule has 3 aromatic rings. The number of aromatic nitrogens is 2. The fourth-order valence-electron chi connectivity index (χ4n) is 2.15. The minimum Gasteiger partial charge on any atom is -0.493 e. The molecular formula is C15H14BrN3O2. The number of fused-ring (bicyclic) bond motifs is 1. The molecule has 5 nitrogen and oxygen atoms in total. The van der Waals surface area contributed by atoms with Gasteiger partial charge in [0.1, 0.15) is 5.82 Å². The number of nitrogens with two attached hydrogens (primary N) is 1. The summed E-state index contributed by atoms with van der Waals surface area (Å²) in [4.78, 5) is 7.86.